The van der Waals surface area contributed by atoms with Gasteiger partial charge in [-0.1, -0.05) is 6.92 Å². The van der Waals surface area contributed by atoms with Crippen molar-refractivity contribution in [3.05, 3.63) is 47.3 Å². The van der Waals surface area contributed by atoms with E-state index in [1.807, 2.05) is 48.9 Å². The largest absolute Gasteiger partial charge is 0.349 e. The number of carbonyl (C=O) groups excluding carboxylic acids is 1. The van der Waals surface area contributed by atoms with Crippen LogP contribution in [-0.2, 0) is 0 Å². The number of hydrogen-bond acceptors (Lipinski definition) is 3. The summed E-state index contributed by atoms with van der Waals surface area (Å²) in [5.74, 6) is 0.463. The zero-order chi connectivity index (χ0) is 16.4. The molecule has 0 aliphatic carbocycles. The third-order valence-corrected chi connectivity index (χ3v) is 4.49. The fraction of sp³-hybridized carbons (Fsp3) is 0.444. The summed E-state index contributed by atoms with van der Waals surface area (Å²) in [5.41, 5.74) is 3.75. The van der Waals surface area contributed by atoms with Crippen molar-refractivity contribution in [1.29, 1.82) is 0 Å². The quantitative estimate of drug-likeness (QED) is 0.913. The van der Waals surface area contributed by atoms with E-state index < -0.39 is 0 Å². The van der Waals surface area contributed by atoms with Crippen LogP contribution in [0.4, 0.5) is 0 Å². The average molecular weight is 312 g/mol. The number of aromatic nitrogens is 2. The lowest BCUT2D eigenvalue weighted by Gasteiger charge is -2.30. The van der Waals surface area contributed by atoms with Crippen molar-refractivity contribution in [3.63, 3.8) is 0 Å². The second-order valence-electron chi connectivity index (χ2n) is 6.44. The normalized spacial score (nSPS) is 21.2. The maximum atomic E-state index is 12.4. The lowest BCUT2D eigenvalue weighted by molar-refractivity contribution is 0.0914. The number of rotatable bonds is 3. The number of piperidine rings is 1. The first-order valence-corrected chi connectivity index (χ1v) is 8.20. The van der Waals surface area contributed by atoms with Gasteiger partial charge >= 0.3 is 0 Å². The molecule has 122 valence electrons. The van der Waals surface area contributed by atoms with Gasteiger partial charge in [0.1, 0.15) is 0 Å². The summed E-state index contributed by atoms with van der Waals surface area (Å²) in [7, 11) is 0. The van der Waals surface area contributed by atoms with Gasteiger partial charge in [-0.15, -0.1) is 0 Å². The molecule has 1 aromatic heterocycles. The van der Waals surface area contributed by atoms with Crippen molar-refractivity contribution in [3.8, 4) is 5.69 Å². The van der Waals surface area contributed by atoms with Gasteiger partial charge in [-0.2, -0.15) is 5.10 Å². The Balaban J connectivity index is 1.71. The summed E-state index contributed by atoms with van der Waals surface area (Å²) >= 11 is 0. The van der Waals surface area contributed by atoms with Crippen LogP contribution >= 0.6 is 0 Å². The van der Waals surface area contributed by atoms with Crippen LogP contribution in [0.15, 0.2) is 30.3 Å². The predicted molar refractivity (Wildman–Crippen MR) is 90.9 cm³/mol. The molecule has 1 aliphatic heterocycles. The minimum atomic E-state index is 0.00340. The number of benzene rings is 1. The van der Waals surface area contributed by atoms with Crippen molar-refractivity contribution >= 4 is 5.91 Å². The summed E-state index contributed by atoms with van der Waals surface area (Å²) < 4.78 is 1.89. The number of nitrogens with one attached hydrogen (secondary N) is 2. The molecule has 3 rings (SSSR count). The molecule has 5 heteroatoms. The topological polar surface area (TPSA) is 59.0 Å². The molecule has 23 heavy (non-hydrogen) atoms. The van der Waals surface area contributed by atoms with Crippen LogP contribution in [0, 0.1) is 19.8 Å². The Morgan fingerprint density at radius 2 is 2.04 bits per heavy atom. The van der Waals surface area contributed by atoms with E-state index in [0.717, 1.165) is 36.6 Å². The van der Waals surface area contributed by atoms with E-state index in [4.69, 9.17) is 0 Å². The van der Waals surface area contributed by atoms with Crippen LogP contribution in [0.2, 0.25) is 0 Å². The molecule has 2 N–H and O–H groups in total. The maximum absolute atomic E-state index is 12.4. The van der Waals surface area contributed by atoms with Crippen molar-refractivity contribution in [1.82, 2.24) is 20.4 Å². The maximum Gasteiger partial charge on any atom is 0.251 e. The predicted octanol–water partition coefficient (Wildman–Crippen LogP) is 2.22. The van der Waals surface area contributed by atoms with Gasteiger partial charge in [0.2, 0.25) is 0 Å². The highest BCUT2D eigenvalue weighted by Crippen LogP contribution is 2.15. The molecular formula is C18H24N4O. The number of hydrogen-bond donors (Lipinski definition) is 2. The number of nitrogens with zero attached hydrogens (tertiary/aromatic N) is 2. The molecule has 5 nitrogen and oxygen atoms in total. The Kier molecular flexibility index (Phi) is 4.48. The van der Waals surface area contributed by atoms with E-state index in [1.54, 1.807) is 0 Å². The molecule has 2 heterocycles. The Morgan fingerprint density at radius 3 is 2.65 bits per heavy atom. The molecule has 0 bridgehead atoms. The Morgan fingerprint density at radius 1 is 1.30 bits per heavy atom. The molecule has 1 fully saturated rings. The summed E-state index contributed by atoms with van der Waals surface area (Å²) in [6, 6.07) is 9.92. The first-order chi connectivity index (χ1) is 11.0. The van der Waals surface area contributed by atoms with Gasteiger partial charge in [0, 0.05) is 17.3 Å². The second kappa shape index (κ2) is 6.54. The minimum absolute atomic E-state index is 0.00340. The van der Waals surface area contributed by atoms with Gasteiger partial charge in [0.05, 0.1) is 11.4 Å². The van der Waals surface area contributed by atoms with E-state index in [9.17, 15) is 4.79 Å². The Bertz CT molecular complexity index is 690. The summed E-state index contributed by atoms with van der Waals surface area (Å²) in [4.78, 5) is 12.4. The summed E-state index contributed by atoms with van der Waals surface area (Å²) in [6.45, 7) is 8.10. The molecule has 0 saturated carbocycles. The highest BCUT2D eigenvalue weighted by Gasteiger charge is 2.23. The minimum Gasteiger partial charge on any atom is -0.349 e. The van der Waals surface area contributed by atoms with Crippen molar-refractivity contribution in [2.24, 2.45) is 5.92 Å². The van der Waals surface area contributed by atoms with Crippen LogP contribution in [0.5, 0.6) is 0 Å². The molecule has 1 aliphatic rings. The highest BCUT2D eigenvalue weighted by molar-refractivity contribution is 5.94. The molecular weight excluding hydrogens is 288 g/mol. The average Bonchev–Trinajstić information content (AvgIpc) is 2.88. The van der Waals surface area contributed by atoms with Crippen molar-refractivity contribution in [2.45, 2.75) is 33.2 Å². The molecule has 0 spiro atoms. The molecule has 1 amide bonds. The van der Waals surface area contributed by atoms with Crippen LogP contribution < -0.4 is 10.6 Å². The fourth-order valence-corrected chi connectivity index (χ4v) is 3.12. The van der Waals surface area contributed by atoms with Crippen LogP contribution in [0.3, 0.4) is 0 Å². The Hall–Kier alpha value is -2.14. The van der Waals surface area contributed by atoms with Gasteiger partial charge in [-0.3, -0.25) is 4.79 Å². The molecule has 1 aromatic carbocycles. The van der Waals surface area contributed by atoms with Crippen molar-refractivity contribution in [2.75, 3.05) is 13.1 Å². The highest BCUT2D eigenvalue weighted by atomic mass is 16.1. The summed E-state index contributed by atoms with van der Waals surface area (Å²) in [5, 5.41) is 11.0. The number of carbonyl (C=O) groups is 1. The first kappa shape index (κ1) is 15.7. The van der Waals surface area contributed by atoms with Gasteiger partial charge < -0.3 is 10.6 Å². The van der Waals surface area contributed by atoms with Crippen LogP contribution in [0.1, 0.15) is 35.1 Å². The standard InChI is InChI=1S/C18H24N4O/c1-12-11-19-9-8-17(12)20-18(23)15-4-6-16(7-5-15)22-14(3)10-13(2)21-22/h4-7,10,12,17,19H,8-9,11H2,1-3H3,(H,20,23). The second-order valence-corrected chi connectivity index (χ2v) is 6.44. The van der Waals surface area contributed by atoms with E-state index >= 15 is 0 Å². The van der Waals surface area contributed by atoms with Crippen LogP contribution in [-0.4, -0.2) is 34.8 Å². The number of amides is 1. The van der Waals surface area contributed by atoms with Gasteiger partial charge in [-0.25, -0.2) is 4.68 Å². The van der Waals surface area contributed by atoms with Gasteiger partial charge in [0.15, 0.2) is 0 Å². The third kappa shape index (κ3) is 3.45. The Labute approximate surface area is 137 Å². The fourth-order valence-electron chi connectivity index (χ4n) is 3.12. The van der Waals surface area contributed by atoms with E-state index in [2.05, 4.69) is 22.7 Å². The molecule has 2 aromatic rings. The smallest absolute Gasteiger partial charge is 0.251 e. The van der Waals surface area contributed by atoms with Crippen molar-refractivity contribution < 1.29 is 4.79 Å². The summed E-state index contributed by atoms with van der Waals surface area (Å²) in [6.07, 6.45) is 0.983. The molecule has 2 atom stereocenters. The lowest BCUT2D eigenvalue weighted by atomic mass is 9.95. The first-order valence-electron chi connectivity index (χ1n) is 8.20. The number of aryl methyl sites for hydroxylation is 2. The zero-order valence-electron chi connectivity index (χ0n) is 14.0. The van der Waals surface area contributed by atoms with Gasteiger partial charge in [-0.05, 0) is 69.6 Å². The van der Waals surface area contributed by atoms with E-state index in [1.165, 1.54) is 0 Å². The third-order valence-electron chi connectivity index (χ3n) is 4.49. The van der Waals surface area contributed by atoms with E-state index in [0.29, 0.717) is 11.5 Å². The molecule has 0 radical (unpaired) electrons. The van der Waals surface area contributed by atoms with Crippen LogP contribution in [0.25, 0.3) is 5.69 Å². The molecule has 2 unspecified atom stereocenters. The lowest BCUT2D eigenvalue weighted by Crippen LogP contribution is -2.48. The molecule has 1 saturated heterocycles. The zero-order valence-corrected chi connectivity index (χ0v) is 14.0. The SMILES string of the molecule is Cc1cc(C)n(-c2ccc(C(=O)NC3CCNCC3C)cc2)n1. The van der Waals surface area contributed by atoms with Gasteiger partial charge in [0.25, 0.3) is 5.91 Å². The van der Waals surface area contributed by atoms with E-state index in [-0.39, 0.29) is 11.9 Å². The monoisotopic (exact) mass is 312 g/mol.